The second-order valence-electron chi connectivity index (χ2n) is 5.09. The number of aromatic amines is 1. The maximum atomic E-state index is 12.4. The van der Waals surface area contributed by atoms with Crippen molar-refractivity contribution in [2.24, 2.45) is 0 Å². The fourth-order valence-electron chi connectivity index (χ4n) is 2.14. The van der Waals surface area contributed by atoms with E-state index in [1.807, 2.05) is 13.8 Å². The third kappa shape index (κ3) is 5.28. The molecule has 0 saturated heterocycles. The van der Waals surface area contributed by atoms with Crippen LogP contribution in [0.3, 0.4) is 0 Å². The molecule has 0 saturated carbocycles. The molecule has 8 nitrogen and oxygen atoms in total. The highest BCUT2D eigenvalue weighted by molar-refractivity contribution is 7.99. The first-order chi connectivity index (χ1) is 12.0. The Labute approximate surface area is 151 Å². The highest BCUT2D eigenvalue weighted by Gasteiger charge is 2.21. The van der Waals surface area contributed by atoms with E-state index < -0.39 is 10.0 Å². The fraction of sp³-hybridized carbons (Fsp3) is 0.400. The first-order valence-electron chi connectivity index (χ1n) is 7.81. The third-order valence-electron chi connectivity index (χ3n) is 3.49. The molecule has 1 heterocycles. The predicted molar refractivity (Wildman–Crippen MR) is 95.5 cm³/mol. The average Bonchev–Trinajstić information content (AvgIpc) is 3.13. The smallest absolute Gasteiger partial charge is 0.243 e. The van der Waals surface area contributed by atoms with Gasteiger partial charge in [0, 0.05) is 19.6 Å². The Hall–Kier alpha value is -1.91. The molecule has 1 aromatic heterocycles. The average molecular weight is 383 g/mol. The molecule has 1 amide bonds. The number of benzene rings is 1. The van der Waals surface area contributed by atoms with Crippen LogP contribution in [0.15, 0.2) is 40.6 Å². The second-order valence-corrected chi connectivity index (χ2v) is 7.99. The molecule has 136 valence electrons. The molecule has 10 heteroatoms. The molecular weight excluding hydrogens is 362 g/mol. The highest BCUT2D eigenvalue weighted by atomic mass is 32.2. The van der Waals surface area contributed by atoms with E-state index in [4.69, 9.17) is 0 Å². The van der Waals surface area contributed by atoms with Crippen molar-refractivity contribution in [1.29, 1.82) is 0 Å². The van der Waals surface area contributed by atoms with Gasteiger partial charge >= 0.3 is 0 Å². The van der Waals surface area contributed by atoms with Crippen LogP contribution in [0, 0.1) is 0 Å². The number of aromatic nitrogens is 3. The van der Waals surface area contributed by atoms with Crippen LogP contribution >= 0.6 is 11.8 Å². The lowest BCUT2D eigenvalue weighted by molar-refractivity contribution is -0.118. The normalized spacial score (nSPS) is 11.6. The van der Waals surface area contributed by atoms with Gasteiger partial charge in [0.25, 0.3) is 0 Å². The Kier molecular flexibility index (Phi) is 6.97. The molecule has 0 atom stereocenters. The van der Waals surface area contributed by atoms with E-state index in [2.05, 4.69) is 20.5 Å². The summed E-state index contributed by atoms with van der Waals surface area (Å²) in [5.41, 5.74) is 0.830. The van der Waals surface area contributed by atoms with Crippen LogP contribution < -0.4 is 5.32 Å². The number of carbonyl (C=O) groups is 1. The van der Waals surface area contributed by atoms with E-state index in [9.17, 15) is 13.2 Å². The van der Waals surface area contributed by atoms with E-state index in [0.717, 1.165) is 5.56 Å². The summed E-state index contributed by atoms with van der Waals surface area (Å²) in [4.78, 5) is 16.0. The van der Waals surface area contributed by atoms with Crippen molar-refractivity contribution in [3.63, 3.8) is 0 Å². The zero-order chi connectivity index (χ0) is 18.3. The number of nitrogens with zero attached hydrogens (tertiary/aromatic N) is 3. The predicted octanol–water partition coefficient (Wildman–Crippen LogP) is 1.24. The Balaban J connectivity index is 1.88. The summed E-state index contributed by atoms with van der Waals surface area (Å²) >= 11 is 1.26. The molecule has 2 N–H and O–H groups in total. The van der Waals surface area contributed by atoms with Gasteiger partial charge in [-0.25, -0.2) is 13.4 Å². The number of H-pyrrole nitrogens is 1. The fourth-order valence-corrected chi connectivity index (χ4v) is 4.21. The minimum Gasteiger partial charge on any atom is -0.351 e. The zero-order valence-electron chi connectivity index (χ0n) is 14.1. The van der Waals surface area contributed by atoms with Crippen LogP contribution in [0.4, 0.5) is 0 Å². The van der Waals surface area contributed by atoms with Gasteiger partial charge in [-0.2, -0.15) is 9.40 Å². The Morgan fingerprint density at radius 3 is 2.48 bits per heavy atom. The van der Waals surface area contributed by atoms with Crippen molar-refractivity contribution < 1.29 is 13.2 Å². The molecule has 0 aliphatic heterocycles. The summed E-state index contributed by atoms with van der Waals surface area (Å²) in [6, 6.07) is 6.55. The van der Waals surface area contributed by atoms with Gasteiger partial charge in [0.05, 0.1) is 10.6 Å². The van der Waals surface area contributed by atoms with E-state index >= 15 is 0 Å². The minimum absolute atomic E-state index is 0.138. The maximum absolute atomic E-state index is 12.4. The van der Waals surface area contributed by atoms with Crippen LogP contribution in [0.25, 0.3) is 0 Å². The van der Waals surface area contributed by atoms with Crippen molar-refractivity contribution in [1.82, 2.24) is 24.8 Å². The summed E-state index contributed by atoms with van der Waals surface area (Å²) in [5, 5.41) is 9.74. The Morgan fingerprint density at radius 1 is 1.24 bits per heavy atom. The van der Waals surface area contributed by atoms with Gasteiger partial charge in [-0.1, -0.05) is 37.7 Å². The quantitative estimate of drug-likeness (QED) is 0.631. The summed E-state index contributed by atoms with van der Waals surface area (Å²) in [6.07, 6.45) is 1.38. The first-order valence-corrected chi connectivity index (χ1v) is 10.2. The summed E-state index contributed by atoms with van der Waals surface area (Å²) in [7, 11) is -3.46. The number of carbonyl (C=O) groups excluding carboxylic acids is 1. The maximum Gasteiger partial charge on any atom is 0.243 e. The molecule has 0 fully saturated rings. The molecule has 2 aromatic rings. The summed E-state index contributed by atoms with van der Waals surface area (Å²) in [5.74, 6) is 0.0881. The van der Waals surface area contributed by atoms with Crippen LogP contribution in [0.2, 0.25) is 0 Å². The second kappa shape index (κ2) is 8.97. The van der Waals surface area contributed by atoms with Crippen LogP contribution in [-0.4, -0.2) is 52.7 Å². The number of amides is 1. The van der Waals surface area contributed by atoms with Crippen molar-refractivity contribution in [3.8, 4) is 0 Å². The van der Waals surface area contributed by atoms with Crippen LogP contribution in [0.5, 0.6) is 0 Å². The largest absolute Gasteiger partial charge is 0.351 e. The van der Waals surface area contributed by atoms with Gasteiger partial charge in [-0.05, 0) is 17.7 Å². The van der Waals surface area contributed by atoms with Crippen molar-refractivity contribution in [2.45, 2.75) is 30.4 Å². The van der Waals surface area contributed by atoms with Gasteiger partial charge in [0.15, 0.2) is 5.16 Å². The third-order valence-corrected chi connectivity index (χ3v) is 6.43. The molecular formula is C15H21N5O3S2. The number of sulfonamides is 1. The van der Waals surface area contributed by atoms with Crippen molar-refractivity contribution >= 4 is 27.7 Å². The topological polar surface area (TPSA) is 108 Å². The SMILES string of the molecule is CCN(CC)S(=O)(=O)c1ccc(CNC(=O)CSc2ncn[nH]2)cc1. The molecule has 25 heavy (non-hydrogen) atoms. The first kappa shape index (κ1) is 19.4. The number of thioether (sulfide) groups is 1. The molecule has 0 unspecified atom stereocenters. The van der Waals surface area contributed by atoms with Crippen molar-refractivity contribution in [3.05, 3.63) is 36.2 Å². The molecule has 1 aromatic carbocycles. The number of hydrogen-bond acceptors (Lipinski definition) is 6. The lowest BCUT2D eigenvalue weighted by Gasteiger charge is -2.18. The number of nitrogens with one attached hydrogen (secondary N) is 2. The molecule has 0 spiro atoms. The zero-order valence-corrected chi connectivity index (χ0v) is 15.7. The summed E-state index contributed by atoms with van der Waals surface area (Å²) < 4.78 is 26.2. The highest BCUT2D eigenvalue weighted by Crippen LogP contribution is 2.16. The van der Waals surface area contributed by atoms with Crippen LogP contribution in [0.1, 0.15) is 19.4 Å². The Morgan fingerprint density at radius 2 is 1.92 bits per heavy atom. The van der Waals surface area contributed by atoms with Crippen molar-refractivity contribution in [2.75, 3.05) is 18.8 Å². The van der Waals surface area contributed by atoms with E-state index in [0.29, 0.717) is 24.8 Å². The standard InChI is InChI=1S/C15H21N5O3S2/c1-3-20(4-2)25(22,23)13-7-5-12(6-8-13)9-16-14(21)10-24-15-17-11-18-19-15/h5-8,11H,3-4,9-10H2,1-2H3,(H,16,21)(H,17,18,19). The summed E-state index contributed by atoms with van der Waals surface area (Å²) in [6.45, 7) is 4.81. The lowest BCUT2D eigenvalue weighted by atomic mass is 10.2. The number of rotatable bonds is 9. The molecule has 0 aliphatic rings. The lowest BCUT2D eigenvalue weighted by Crippen LogP contribution is -2.30. The van der Waals surface area contributed by atoms with Gasteiger partial charge in [0.2, 0.25) is 15.9 Å². The van der Waals surface area contributed by atoms with E-state index in [1.54, 1.807) is 24.3 Å². The molecule has 0 aliphatic carbocycles. The molecule has 2 rings (SSSR count). The van der Waals surface area contributed by atoms with Gasteiger partial charge in [-0.3, -0.25) is 9.89 Å². The number of hydrogen-bond donors (Lipinski definition) is 2. The van der Waals surface area contributed by atoms with Crippen LogP contribution in [-0.2, 0) is 21.4 Å². The monoisotopic (exact) mass is 383 g/mol. The van der Waals surface area contributed by atoms with E-state index in [-0.39, 0.29) is 16.6 Å². The van der Waals surface area contributed by atoms with E-state index in [1.165, 1.54) is 22.4 Å². The Bertz CT molecular complexity index is 772. The van der Waals surface area contributed by atoms with Gasteiger partial charge < -0.3 is 5.32 Å². The van der Waals surface area contributed by atoms with Gasteiger partial charge in [0.1, 0.15) is 6.33 Å². The molecule has 0 radical (unpaired) electrons. The van der Waals surface area contributed by atoms with Gasteiger partial charge in [-0.15, -0.1) is 0 Å². The molecule has 0 bridgehead atoms. The minimum atomic E-state index is -3.46.